The van der Waals surface area contributed by atoms with Gasteiger partial charge in [-0.25, -0.2) is 4.39 Å². The van der Waals surface area contributed by atoms with E-state index in [1.807, 2.05) is 25.1 Å². The Labute approximate surface area is 115 Å². The molecule has 0 saturated heterocycles. The molecule has 0 saturated carbocycles. The Kier molecular flexibility index (Phi) is 3.82. The van der Waals surface area contributed by atoms with Crippen LogP contribution in [0.4, 0.5) is 4.39 Å². The van der Waals surface area contributed by atoms with Crippen molar-refractivity contribution in [3.8, 4) is 0 Å². The molecule has 2 aromatic rings. The predicted molar refractivity (Wildman–Crippen MR) is 73.9 cm³/mol. The molecule has 0 fully saturated rings. The van der Waals surface area contributed by atoms with Gasteiger partial charge in [-0.1, -0.05) is 22.0 Å². The van der Waals surface area contributed by atoms with Crippen molar-refractivity contribution in [2.45, 2.75) is 11.8 Å². The lowest BCUT2D eigenvalue weighted by atomic mass is 10.1. The van der Waals surface area contributed by atoms with E-state index in [0.29, 0.717) is 0 Å². The Balaban J connectivity index is 2.37. The van der Waals surface area contributed by atoms with Crippen LogP contribution in [0, 0.1) is 12.7 Å². The number of rotatable bonds is 2. The molecule has 1 aromatic heterocycles. The van der Waals surface area contributed by atoms with Gasteiger partial charge in [0, 0.05) is 4.88 Å². The van der Waals surface area contributed by atoms with Gasteiger partial charge >= 0.3 is 0 Å². The van der Waals surface area contributed by atoms with Gasteiger partial charge in [-0.15, -0.1) is 11.3 Å². The van der Waals surface area contributed by atoms with Gasteiger partial charge in [-0.3, -0.25) is 0 Å². The summed E-state index contributed by atoms with van der Waals surface area (Å²) in [7, 11) is 0. The van der Waals surface area contributed by atoms with Crippen molar-refractivity contribution in [2.24, 2.45) is 0 Å². The molecule has 0 nitrogen and oxygen atoms in total. The van der Waals surface area contributed by atoms with Gasteiger partial charge in [-0.2, -0.15) is 0 Å². The van der Waals surface area contributed by atoms with Crippen LogP contribution in [0.2, 0.25) is 0 Å². The fourth-order valence-corrected chi connectivity index (χ4v) is 3.67. The SMILES string of the molecule is Cc1cc(F)cc(C(Br)c2ccc(Br)s2)c1. The van der Waals surface area contributed by atoms with E-state index in [-0.39, 0.29) is 10.6 Å². The maximum atomic E-state index is 13.3. The molecule has 1 heterocycles. The normalized spacial score (nSPS) is 12.8. The third-order valence-electron chi connectivity index (χ3n) is 2.20. The molecule has 0 amide bonds. The highest BCUT2D eigenvalue weighted by Gasteiger charge is 2.13. The van der Waals surface area contributed by atoms with Crippen LogP contribution < -0.4 is 0 Å². The lowest BCUT2D eigenvalue weighted by Gasteiger charge is -2.09. The van der Waals surface area contributed by atoms with Crippen molar-refractivity contribution in [3.05, 3.63) is 55.9 Å². The van der Waals surface area contributed by atoms with E-state index >= 15 is 0 Å². The minimum absolute atomic E-state index is 0.0539. The monoisotopic (exact) mass is 362 g/mol. The van der Waals surface area contributed by atoms with Crippen LogP contribution in [0.3, 0.4) is 0 Å². The Morgan fingerprint density at radius 2 is 2.00 bits per heavy atom. The van der Waals surface area contributed by atoms with E-state index in [1.165, 1.54) is 6.07 Å². The number of halogens is 3. The third kappa shape index (κ3) is 2.73. The van der Waals surface area contributed by atoms with Gasteiger partial charge in [0.05, 0.1) is 8.61 Å². The van der Waals surface area contributed by atoms with E-state index < -0.39 is 0 Å². The zero-order valence-corrected chi connectivity index (χ0v) is 12.5. The van der Waals surface area contributed by atoms with Gasteiger partial charge in [0.2, 0.25) is 0 Å². The predicted octanol–water partition coefficient (Wildman–Crippen LogP) is 5.44. The molecule has 0 N–H and O–H groups in total. The fraction of sp³-hybridized carbons (Fsp3) is 0.167. The maximum Gasteiger partial charge on any atom is 0.123 e. The summed E-state index contributed by atoms with van der Waals surface area (Å²) in [5.41, 5.74) is 1.89. The summed E-state index contributed by atoms with van der Waals surface area (Å²) in [4.78, 5) is 1.22. The smallest absolute Gasteiger partial charge is 0.123 e. The first-order valence-corrected chi connectivity index (χ1v) is 7.25. The van der Waals surface area contributed by atoms with Gasteiger partial charge in [0.15, 0.2) is 0 Å². The van der Waals surface area contributed by atoms with E-state index in [0.717, 1.165) is 19.8 Å². The number of hydrogen-bond donors (Lipinski definition) is 0. The Morgan fingerprint density at radius 1 is 1.25 bits per heavy atom. The zero-order valence-electron chi connectivity index (χ0n) is 8.51. The second kappa shape index (κ2) is 4.98. The summed E-state index contributed by atoms with van der Waals surface area (Å²) < 4.78 is 14.4. The number of thiophene rings is 1. The molecule has 16 heavy (non-hydrogen) atoms. The standard InChI is InChI=1S/C12H9Br2FS/c1-7-4-8(6-9(15)5-7)12(14)10-2-3-11(13)16-10/h2-6,12H,1H3. The highest BCUT2D eigenvalue weighted by molar-refractivity contribution is 9.11. The molecule has 4 heteroatoms. The number of alkyl halides is 1. The highest BCUT2D eigenvalue weighted by Crippen LogP contribution is 2.37. The summed E-state index contributed by atoms with van der Waals surface area (Å²) in [6.07, 6.45) is 0. The number of hydrogen-bond acceptors (Lipinski definition) is 1. The van der Waals surface area contributed by atoms with Crippen molar-refractivity contribution in [3.63, 3.8) is 0 Å². The zero-order chi connectivity index (χ0) is 11.7. The Hall–Kier alpha value is -0.190. The quantitative estimate of drug-likeness (QED) is 0.623. The summed E-state index contributed by atoms with van der Waals surface area (Å²) in [5.74, 6) is -0.185. The van der Waals surface area contributed by atoms with E-state index in [9.17, 15) is 4.39 Å². The summed E-state index contributed by atoms with van der Waals surface area (Å²) in [5, 5.41) is 0. The number of aryl methyl sites for hydroxylation is 1. The minimum atomic E-state index is -0.185. The third-order valence-corrected chi connectivity index (χ3v) is 5.21. The van der Waals surface area contributed by atoms with Crippen LogP contribution in [-0.2, 0) is 0 Å². The minimum Gasteiger partial charge on any atom is -0.207 e. The van der Waals surface area contributed by atoms with Gasteiger partial charge in [0.1, 0.15) is 5.82 Å². The van der Waals surface area contributed by atoms with Crippen molar-refractivity contribution in [1.82, 2.24) is 0 Å². The lowest BCUT2D eigenvalue weighted by molar-refractivity contribution is 0.624. The largest absolute Gasteiger partial charge is 0.207 e. The first-order valence-electron chi connectivity index (χ1n) is 4.72. The van der Waals surface area contributed by atoms with Crippen LogP contribution in [-0.4, -0.2) is 0 Å². The average Bonchev–Trinajstić information content (AvgIpc) is 2.62. The van der Waals surface area contributed by atoms with Gasteiger partial charge < -0.3 is 0 Å². The van der Waals surface area contributed by atoms with E-state index in [4.69, 9.17) is 0 Å². The first kappa shape index (κ1) is 12.3. The lowest BCUT2D eigenvalue weighted by Crippen LogP contribution is -1.92. The van der Waals surface area contributed by atoms with Crippen LogP contribution in [0.25, 0.3) is 0 Å². The average molecular weight is 364 g/mol. The van der Waals surface area contributed by atoms with Crippen molar-refractivity contribution >= 4 is 43.2 Å². The molecule has 0 aliphatic heterocycles. The maximum absolute atomic E-state index is 13.3. The Morgan fingerprint density at radius 3 is 2.56 bits per heavy atom. The molecule has 0 radical (unpaired) electrons. The van der Waals surface area contributed by atoms with Crippen LogP contribution in [0.5, 0.6) is 0 Å². The highest BCUT2D eigenvalue weighted by atomic mass is 79.9. The van der Waals surface area contributed by atoms with Crippen molar-refractivity contribution < 1.29 is 4.39 Å². The summed E-state index contributed by atoms with van der Waals surface area (Å²) in [6.45, 7) is 1.90. The second-order valence-electron chi connectivity index (χ2n) is 3.57. The molecule has 0 aliphatic rings. The molecule has 0 spiro atoms. The number of benzene rings is 1. The summed E-state index contributed by atoms with van der Waals surface area (Å²) >= 11 is 8.67. The molecule has 1 unspecified atom stereocenters. The molecule has 84 valence electrons. The molecular weight excluding hydrogens is 355 g/mol. The molecular formula is C12H9Br2FS. The van der Waals surface area contributed by atoms with Crippen LogP contribution in [0.15, 0.2) is 34.1 Å². The fourth-order valence-electron chi connectivity index (χ4n) is 1.54. The second-order valence-corrected chi connectivity index (χ2v) is 6.98. The molecule has 2 rings (SSSR count). The summed E-state index contributed by atoms with van der Waals surface area (Å²) in [6, 6.07) is 9.14. The Bertz CT molecular complexity index is 487. The molecule has 1 atom stereocenters. The molecule has 0 aliphatic carbocycles. The van der Waals surface area contributed by atoms with Crippen molar-refractivity contribution in [2.75, 3.05) is 0 Å². The van der Waals surface area contributed by atoms with Gasteiger partial charge in [-0.05, 0) is 58.2 Å². The van der Waals surface area contributed by atoms with E-state index in [2.05, 4.69) is 31.9 Å². The molecule has 1 aromatic carbocycles. The van der Waals surface area contributed by atoms with Crippen LogP contribution in [0.1, 0.15) is 20.8 Å². The first-order chi connectivity index (χ1) is 7.56. The topological polar surface area (TPSA) is 0 Å². The van der Waals surface area contributed by atoms with E-state index in [1.54, 1.807) is 17.4 Å². The van der Waals surface area contributed by atoms with Crippen LogP contribution >= 0.6 is 43.2 Å². The molecule has 0 bridgehead atoms. The van der Waals surface area contributed by atoms with Gasteiger partial charge in [0.25, 0.3) is 0 Å². The van der Waals surface area contributed by atoms with Crippen molar-refractivity contribution in [1.29, 1.82) is 0 Å².